The van der Waals surface area contributed by atoms with Gasteiger partial charge in [0.1, 0.15) is 0 Å². The number of quaternary nitrogens is 2. The van der Waals surface area contributed by atoms with Crippen LogP contribution in [0.1, 0.15) is 0 Å². The molecule has 0 aliphatic rings. The van der Waals surface area contributed by atoms with Gasteiger partial charge in [-0.1, -0.05) is 0 Å². The normalized spacial score (nSPS) is 7.45. The molecule has 0 spiro atoms. The number of carboxylic acid groups (broad SMARTS) is 2. The van der Waals surface area contributed by atoms with Gasteiger partial charge in [0.2, 0.25) is 0 Å². The van der Waals surface area contributed by atoms with E-state index in [4.69, 9.17) is 32.5 Å². The molecular formula is CH10N2O7S. The van der Waals surface area contributed by atoms with E-state index >= 15 is 0 Å². The molecule has 0 aromatic carbocycles. The van der Waals surface area contributed by atoms with Gasteiger partial charge in [0.05, 0.1) is 0 Å². The van der Waals surface area contributed by atoms with Gasteiger partial charge in [0.25, 0.3) is 0 Å². The number of hydrogen-bond donors (Lipinski definition) is 4. The smallest absolute Gasteiger partial charge is 0.394 e. The molecule has 0 saturated heterocycles. The predicted molar refractivity (Wildman–Crippen MR) is 31.5 cm³/mol. The summed E-state index contributed by atoms with van der Waals surface area (Å²) in [4.78, 5) is 8.33. The van der Waals surface area contributed by atoms with Gasteiger partial charge in [-0.2, -0.15) is 8.42 Å². The summed E-state index contributed by atoms with van der Waals surface area (Å²) in [6.07, 6.45) is -2.33. The van der Waals surface area contributed by atoms with Gasteiger partial charge < -0.3 is 27.3 Å². The van der Waals surface area contributed by atoms with Gasteiger partial charge in [-0.05, 0) is 6.16 Å². The molecule has 0 heterocycles. The Morgan fingerprint density at radius 2 is 1.09 bits per heavy atom. The number of hydrogen-bond acceptors (Lipinski definition) is 5. The molecule has 0 atom stereocenters. The van der Waals surface area contributed by atoms with Crippen molar-refractivity contribution in [1.82, 2.24) is 12.3 Å². The first-order valence-electron chi connectivity index (χ1n) is 1.31. The van der Waals surface area contributed by atoms with Crippen LogP contribution < -0.4 is 22.5 Å². The lowest BCUT2D eigenvalue weighted by Gasteiger charge is -1.96. The second kappa shape index (κ2) is 9.06. The second-order valence-corrected chi connectivity index (χ2v) is 1.59. The minimum atomic E-state index is -4.67. The topological polar surface area (TPSA) is 211 Å². The van der Waals surface area contributed by atoms with Crippen LogP contribution >= 0.6 is 0 Å². The molecule has 0 fully saturated rings. The van der Waals surface area contributed by atoms with Crippen molar-refractivity contribution in [1.29, 1.82) is 0 Å². The second-order valence-electron chi connectivity index (χ2n) is 0.698. The fourth-order valence-corrected chi connectivity index (χ4v) is 0. The van der Waals surface area contributed by atoms with Crippen molar-refractivity contribution in [3.8, 4) is 0 Å². The van der Waals surface area contributed by atoms with Crippen LogP contribution in [-0.2, 0) is 10.4 Å². The Kier molecular flexibility index (Phi) is 18.5. The first kappa shape index (κ1) is 22.5. The minimum absolute atomic E-state index is 0. The summed E-state index contributed by atoms with van der Waals surface area (Å²) in [6, 6.07) is 0. The molecule has 0 amide bonds. The summed E-state index contributed by atoms with van der Waals surface area (Å²) < 4.78 is 31.6. The third kappa shape index (κ3) is 511. The third-order valence-electron chi connectivity index (χ3n) is 0. The van der Waals surface area contributed by atoms with Crippen LogP contribution in [0.5, 0.6) is 0 Å². The average molecular weight is 194 g/mol. The van der Waals surface area contributed by atoms with E-state index < -0.39 is 16.6 Å². The Labute approximate surface area is 62.4 Å². The largest absolute Gasteiger partial charge is 0.652 e. The van der Waals surface area contributed by atoms with Crippen LogP contribution in [0.2, 0.25) is 0 Å². The third-order valence-corrected chi connectivity index (χ3v) is 0. The fourth-order valence-electron chi connectivity index (χ4n) is 0. The molecule has 72 valence electrons. The molecular weight excluding hydrogens is 184 g/mol. The lowest BCUT2D eigenvalue weighted by Crippen LogP contribution is -2.37. The molecule has 10 heteroatoms. The first-order valence-corrected chi connectivity index (χ1v) is 2.71. The molecule has 9 nitrogen and oxygen atoms in total. The van der Waals surface area contributed by atoms with E-state index in [1.165, 1.54) is 0 Å². The van der Waals surface area contributed by atoms with Crippen molar-refractivity contribution in [3.05, 3.63) is 0 Å². The zero-order valence-corrected chi connectivity index (χ0v) is 6.66. The molecule has 0 rings (SSSR count). The summed E-state index contributed by atoms with van der Waals surface area (Å²) in [5.41, 5.74) is 0. The van der Waals surface area contributed by atoms with E-state index in [2.05, 4.69) is 0 Å². The van der Waals surface area contributed by atoms with Crippen LogP contribution in [0.15, 0.2) is 0 Å². The molecule has 0 aliphatic carbocycles. The van der Waals surface area contributed by atoms with Gasteiger partial charge in [-0.3, -0.25) is 9.11 Å². The SMILES string of the molecule is O=C([O-])[O-].O=S(=O)(O)O.[NH4+].[NH4+]. The Balaban J connectivity index is -0.0000000383. The van der Waals surface area contributed by atoms with Crippen molar-refractivity contribution in [2.75, 3.05) is 0 Å². The van der Waals surface area contributed by atoms with Crippen LogP contribution in [0.25, 0.3) is 0 Å². The molecule has 0 radical (unpaired) electrons. The van der Waals surface area contributed by atoms with Crippen molar-refractivity contribution in [3.63, 3.8) is 0 Å². The Morgan fingerprint density at radius 1 is 1.09 bits per heavy atom. The van der Waals surface area contributed by atoms with E-state index in [0.717, 1.165) is 0 Å². The quantitative estimate of drug-likeness (QED) is 0.308. The van der Waals surface area contributed by atoms with Crippen molar-refractivity contribution in [2.24, 2.45) is 0 Å². The zero-order chi connectivity index (χ0) is 8.08. The molecule has 0 bridgehead atoms. The standard InChI is InChI=1S/CH2O3.2H3N.H2O4S/c2-1(3)4;;;1-5(2,3)4/h(H2,2,3,4);2*1H3;(H2,1,2,3,4). The highest BCUT2D eigenvalue weighted by Crippen LogP contribution is 1.59. The molecule has 0 unspecified atom stereocenters. The summed E-state index contributed by atoms with van der Waals surface area (Å²) in [6.45, 7) is 0. The highest BCUT2D eigenvalue weighted by atomic mass is 32.3. The van der Waals surface area contributed by atoms with E-state index in [0.29, 0.717) is 0 Å². The molecule has 0 saturated carbocycles. The molecule has 10 N–H and O–H groups in total. The monoisotopic (exact) mass is 194 g/mol. The lowest BCUT2D eigenvalue weighted by molar-refractivity contribution is -0.415. The van der Waals surface area contributed by atoms with E-state index in [-0.39, 0.29) is 12.3 Å². The van der Waals surface area contributed by atoms with Crippen LogP contribution in [0.3, 0.4) is 0 Å². The Bertz CT molecular complexity index is 159. The van der Waals surface area contributed by atoms with Gasteiger partial charge in [0, 0.05) is 0 Å². The highest BCUT2D eigenvalue weighted by molar-refractivity contribution is 7.79. The van der Waals surface area contributed by atoms with E-state index in [1.807, 2.05) is 0 Å². The summed E-state index contributed by atoms with van der Waals surface area (Å²) >= 11 is 0. The van der Waals surface area contributed by atoms with Gasteiger partial charge in [-0.15, -0.1) is 0 Å². The number of carbonyl (C=O) groups excluding carboxylic acids is 1. The average Bonchev–Trinajstić information content (AvgIpc) is 1.19. The van der Waals surface area contributed by atoms with Crippen molar-refractivity contribution in [2.45, 2.75) is 0 Å². The summed E-state index contributed by atoms with van der Waals surface area (Å²) in [7, 11) is -4.67. The van der Waals surface area contributed by atoms with Crippen molar-refractivity contribution < 1.29 is 32.5 Å². The lowest BCUT2D eigenvalue weighted by atomic mass is 11.5. The molecule has 11 heavy (non-hydrogen) atoms. The maximum atomic E-state index is 8.74. The summed E-state index contributed by atoms with van der Waals surface area (Å²) in [5.74, 6) is 0. The fraction of sp³-hybridized carbons (Fsp3) is 0. The highest BCUT2D eigenvalue weighted by Gasteiger charge is 1.84. The molecule has 0 aromatic rings. The van der Waals surface area contributed by atoms with Crippen molar-refractivity contribution >= 4 is 16.6 Å². The minimum Gasteiger partial charge on any atom is -0.652 e. The van der Waals surface area contributed by atoms with Gasteiger partial charge in [-0.25, -0.2) is 0 Å². The maximum absolute atomic E-state index is 8.74. The van der Waals surface area contributed by atoms with E-state index in [9.17, 15) is 0 Å². The van der Waals surface area contributed by atoms with Crippen LogP contribution in [0.4, 0.5) is 4.79 Å². The first-order chi connectivity index (χ1) is 3.73. The summed E-state index contributed by atoms with van der Waals surface area (Å²) in [5, 5.41) is 16.7. The Morgan fingerprint density at radius 3 is 1.09 bits per heavy atom. The predicted octanol–water partition coefficient (Wildman–Crippen LogP) is -2.35. The van der Waals surface area contributed by atoms with Gasteiger partial charge in [0.15, 0.2) is 0 Å². The van der Waals surface area contributed by atoms with Gasteiger partial charge >= 0.3 is 10.4 Å². The molecule has 0 aliphatic heterocycles. The van der Waals surface area contributed by atoms with Crippen LogP contribution in [0, 0.1) is 0 Å². The van der Waals surface area contributed by atoms with E-state index in [1.54, 1.807) is 0 Å². The Hall–Kier alpha value is -0.940. The number of rotatable bonds is 0. The zero-order valence-electron chi connectivity index (χ0n) is 5.84. The molecule has 0 aromatic heterocycles. The van der Waals surface area contributed by atoms with Crippen LogP contribution in [-0.4, -0.2) is 23.7 Å². The number of carbonyl (C=O) groups is 1. The maximum Gasteiger partial charge on any atom is 0.394 e.